The molecular weight excluding hydrogens is 194 g/mol. The van der Waals surface area contributed by atoms with E-state index in [0.29, 0.717) is 6.16 Å². The second kappa shape index (κ2) is 9.55. The van der Waals surface area contributed by atoms with E-state index in [0.717, 1.165) is 12.8 Å². The molecule has 64 valence electrons. The summed E-state index contributed by atoms with van der Waals surface area (Å²) >= 11 is 0. The van der Waals surface area contributed by atoms with E-state index < -0.39 is 8.03 Å². The maximum Gasteiger partial charge on any atom is 0.505 e. The third-order valence-electron chi connectivity index (χ3n) is 1.20. The Morgan fingerprint density at radius 2 is 1.90 bits per heavy atom. The van der Waals surface area contributed by atoms with Gasteiger partial charge in [0.25, 0.3) is 0 Å². The molecule has 0 rings (SSSR count). The quantitative estimate of drug-likeness (QED) is 0.427. The molecule has 0 radical (unpaired) electrons. The van der Waals surface area contributed by atoms with Gasteiger partial charge < -0.3 is 0 Å². The smallest absolute Gasteiger partial charge is 0.161 e. The summed E-state index contributed by atoms with van der Waals surface area (Å²) < 4.78 is 10.1. The van der Waals surface area contributed by atoms with Gasteiger partial charge in [-0.1, -0.05) is 19.8 Å². The van der Waals surface area contributed by atoms with Crippen LogP contribution in [-0.2, 0) is 21.1 Å². The second-order valence-corrected chi connectivity index (χ2v) is 3.29. The zero-order chi connectivity index (χ0) is 7.11. The standard InChI is InChI=1S/C6H13O2P.Ni/c1-2-3-4-5-6-9(7)8;/h2-6H2,1H3;/p+1. The van der Waals surface area contributed by atoms with Gasteiger partial charge in [0.15, 0.2) is 6.16 Å². The largest absolute Gasteiger partial charge is 0.505 e. The van der Waals surface area contributed by atoms with Gasteiger partial charge in [-0.3, -0.25) is 0 Å². The Kier molecular flexibility index (Phi) is 12.6. The molecule has 0 aliphatic rings. The van der Waals surface area contributed by atoms with E-state index in [4.69, 9.17) is 4.89 Å². The van der Waals surface area contributed by atoms with Crippen molar-refractivity contribution in [3.8, 4) is 0 Å². The molecule has 0 saturated carbocycles. The van der Waals surface area contributed by atoms with Crippen molar-refractivity contribution in [3.05, 3.63) is 0 Å². The summed E-state index contributed by atoms with van der Waals surface area (Å²) in [6.45, 7) is 2.12. The topological polar surface area (TPSA) is 37.3 Å². The first-order chi connectivity index (χ1) is 4.27. The monoisotopic (exact) mass is 207 g/mol. The van der Waals surface area contributed by atoms with E-state index in [1.807, 2.05) is 0 Å². The minimum absolute atomic E-state index is 0. The third-order valence-corrected chi connectivity index (χ3v) is 1.90. The van der Waals surface area contributed by atoms with Crippen LogP contribution in [0.15, 0.2) is 0 Å². The van der Waals surface area contributed by atoms with Gasteiger partial charge in [0.1, 0.15) is 0 Å². The molecule has 2 nitrogen and oxygen atoms in total. The summed E-state index contributed by atoms with van der Waals surface area (Å²) in [6.07, 6.45) is 4.85. The number of unbranched alkanes of at least 4 members (excludes halogenated alkanes) is 3. The van der Waals surface area contributed by atoms with E-state index >= 15 is 0 Å². The third kappa shape index (κ3) is 11.4. The molecule has 1 atom stereocenters. The van der Waals surface area contributed by atoms with Gasteiger partial charge in [-0.05, 0) is 17.4 Å². The van der Waals surface area contributed by atoms with Gasteiger partial charge in [-0.2, -0.15) is 4.89 Å². The van der Waals surface area contributed by atoms with Crippen LogP contribution in [0.1, 0.15) is 32.6 Å². The van der Waals surface area contributed by atoms with Crippen LogP contribution in [0.25, 0.3) is 0 Å². The molecule has 0 aromatic carbocycles. The molecule has 0 aromatic heterocycles. The van der Waals surface area contributed by atoms with E-state index in [1.54, 1.807) is 0 Å². The van der Waals surface area contributed by atoms with Crippen molar-refractivity contribution in [1.82, 2.24) is 0 Å². The van der Waals surface area contributed by atoms with Crippen LogP contribution in [-0.4, -0.2) is 11.1 Å². The van der Waals surface area contributed by atoms with E-state index in [1.165, 1.54) is 12.8 Å². The Morgan fingerprint density at radius 3 is 2.30 bits per heavy atom. The molecule has 0 bridgehead atoms. The predicted octanol–water partition coefficient (Wildman–Crippen LogP) is 2.30. The average molecular weight is 208 g/mol. The van der Waals surface area contributed by atoms with E-state index in [-0.39, 0.29) is 16.5 Å². The van der Waals surface area contributed by atoms with Gasteiger partial charge in [-0.15, -0.1) is 0 Å². The SMILES string of the molecule is CCCCCC[P+](=O)O.[Ni]. The van der Waals surface area contributed by atoms with Crippen LogP contribution in [0.2, 0.25) is 0 Å². The van der Waals surface area contributed by atoms with Crippen molar-refractivity contribution < 1.29 is 25.9 Å². The molecule has 4 heteroatoms. The van der Waals surface area contributed by atoms with Gasteiger partial charge in [0.05, 0.1) is 0 Å². The summed E-state index contributed by atoms with van der Waals surface area (Å²) in [5, 5.41) is 0. The molecule has 0 heterocycles. The Morgan fingerprint density at radius 1 is 1.30 bits per heavy atom. The maximum atomic E-state index is 10.1. The Hall–Kier alpha value is 0.554. The minimum Gasteiger partial charge on any atom is -0.161 e. The normalized spacial score (nSPS) is 10.4. The molecule has 10 heavy (non-hydrogen) atoms. The Bertz CT molecular complexity index is 87.8. The molecule has 0 spiro atoms. The van der Waals surface area contributed by atoms with Crippen molar-refractivity contribution in [2.24, 2.45) is 0 Å². The second-order valence-electron chi connectivity index (χ2n) is 2.14. The van der Waals surface area contributed by atoms with Gasteiger partial charge in [0.2, 0.25) is 0 Å². The van der Waals surface area contributed by atoms with Crippen molar-refractivity contribution in [1.29, 1.82) is 0 Å². The summed E-state index contributed by atoms with van der Waals surface area (Å²) in [7, 11) is -1.87. The molecule has 0 saturated heterocycles. The van der Waals surface area contributed by atoms with Crippen LogP contribution in [0.5, 0.6) is 0 Å². The maximum absolute atomic E-state index is 10.1. The minimum atomic E-state index is -1.87. The zero-order valence-corrected chi connectivity index (χ0v) is 8.04. The van der Waals surface area contributed by atoms with Crippen LogP contribution in [0.3, 0.4) is 0 Å². The number of rotatable bonds is 5. The molecule has 0 aliphatic heterocycles. The molecule has 0 fully saturated rings. The van der Waals surface area contributed by atoms with Crippen LogP contribution >= 0.6 is 8.03 Å². The fourth-order valence-corrected chi connectivity index (χ4v) is 1.17. The van der Waals surface area contributed by atoms with Crippen molar-refractivity contribution >= 4 is 8.03 Å². The zero-order valence-electron chi connectivity index (χ0n) is 6.15. The number of hydrogen-bond acceptors (Lipinski definition) is 1. The Balaban J connectivity index is 0. The predicted molar refractivity (Wildman–Crippen MR) is 38.8 cm³/mol. The van der Waals surface area contributed by atoms with E-state index in [9.17, 15) is 4.57 Å². The summed E-state index contributed by atoms with van der Waals surface area (Å²) in [5.41, 5.74) is 0. The van der Waals surface area contributed by atoms with Gasteiger partial charge >= 0.3 is 8.03 Å². The first kappa shape index (κ1) is 13.2. The molecular formula is C6H14NiO2P+. The van der Waals surface area contributed by atoms with Crippen molar-refractivity contribution in [2.45, 2.75) is 32.6 Å². The molecule has 0 aromatic rings. The number of hydrogen-bond donors (Lipinski definition) is 1. The first-order valence-electron chi connectivity index (χ1n) is 3.41. The molecule has 0 aliphatic carbocycles. The van der Waals surface area contributed by atoms with Crippen LogP contribution in [0.4, 0.5) is 0 Å². The summed E-state index contributed by atoms with van der Waals surface area (Å²) in [5.74, 6) is 0. The van der Waals surface area contributed by atoms with Crippen LogP contribution in [0, 0.1) is 0 Å². The molecule has 0 amide bonds. The summed E-state index contributed by atoms with van der Waals surface area (Å²) in [4.78, 5) is 8.36. The molecule has 1 N–H and O–H groups in total. The average Bonchev–Trinajstić information content (AvgIpc) is 1.80. The fraction of sp³-hybridized carbons (Fsp3) is 1.00. The summed E-state index contributed by atoms with van der Waals surface area (Å²) in [6, 6.07) is 0. The van der Waals surface area contributed by atoms with E-state index in [2.05, 4.69) is 6.92 Å². The van der Waals surface area contributed by atoms with Crippen LogP contribution < -0.4 is 0 Å². The fourth-order valence-electron chi connectivity index (χ4n) is 0.674. The Labute approximate surface area is 73.2 Å². The van der Waals surface area contributed by atoms with Crippen molar-refractivity contribution in [2.75, 3.05) is 6.16 Å². The van der Waals surface area contributed by atoms with Crippen molar-refractivity contribution in [3.63, 3.8) is 0 Å². The first-order valence-corrected chi connectivity index (χ1v) is 4.80. The van der Waals surface area contributed by atoms with Gasteiger partial charge in [-0.25, -0.2) is 0 Å². The molecule has 1 unspecified atom stereocenters. The van der Waals surface area contributed by atoms with Gasteiger partial charge in [0, 0.05) is 16.5 Å².